The first-order valence-electron chi connectivity index (χ1n) is 16.0. The van der Waals surface area contributed by atoms with Crippen LogP contribution in [0.5, 0.6) is 5.75 Å². The van der Waals surface area contributed by atoms with Gasteiger partial charge in [0.15, 0.2) is 6.61 Å². The van der Waals surface area contributed by atoms with Gasteiger partial charge >= 0.3 is 0 Å². The SMILES string of the molecule is Cl.Cl.O=C(COc1cccc2c1C(=O)N(C1CCC(=O)NC1=O)C2=O)NCCOCCOCCOCCOCCOCCN1CCNCC1. The molecule has 4 rings (SSSR count). The van der Waals surface area contributed by atoms with Crippen molar-refractivity contribution in [2.75, 3.05) is 112 Å². The molecule has 18 heteroatoms. The van der Waals surface area contributed by atoms with Crippen molar-refractivity contribution in [3.8, 4) is 5.75 Å². The summed E-state index contributed by atoms with van der Waals surface area (Å²) in [5, 5.41) is 8.14. The third kappa shape index (κ3) is 13.7. The lowest BCUT2D eigenvalue weighted by atomic mass is 10.0. The number of hydrogen-bond donors (Lipinski definition) is 3. The van der Waals surface area contributed by atoms with Crippen molar-refractivity contribution in [2.45, 2.75) is 18.9 Å². The molecular weight excluding hydrogens is 689 g/mol. The Hall–Kier alpha value is -2.93. The maximum Gasteiger partial charge on any atom is 0.266 e. The molecule has 0 aromatic heterocycles. The predicted octanol–water partition coefficient (Wildman–Crippen LogP) is -0.585. The van der Waals surface area contributed by atoms with Gasteiger partial charge in [0, 0.05) is 45.7 Å². The number of benzene rings is 1. The van der Waals surface area contributed by atoms with E-state index in [1.165, 1.54) is 18.2 Å². The first kappa shape index (κ1) is 42.2. The average molecular weight is 737 g/mol. The number of amides is 5. The number of piperazine rings is 1. The van der Waals surface area contributed by atoms with Crippen LogP contribution in [0, 0.1) is 0 Å². The van der Waals surface area contributed by atoms with Crippen LogP contribution in [0.3, 0.4) is 0 Å². The third-order valence-electron chi connectivity index (χ3n) is 7.61. The van der Waals surface area contributed by atoms with Gasteiger partial charge in [0.2, 0.25) is 11.8 Å². The molecule has 2 saturated heterocycles. The lowest BCUT2D eigenvalue weighted by Gasteiger charge is -2.27. The summed E-state index contributed by atoms with van der Waals surface area (Å²) in [4.78, 5) is 65.2. The van der Waals surface area contributed by atoms with E-state index in [9.17, 15) is 24.0 Å². The van der Waals surface area contributed by atoms with E-state index < -0.39 is 42.2 Å². The van der Waals surface area contributed by atoms with Crippen molar-refractivity contribution in [2.24, 2.45) is 0 Å². The van der Waals surface area contributed by atoms with E-state index in [0.717, 1.165) is 37.6 Å². The molecule has 3 N–H and O–H groups in total. The summed E-state index contributed by atoms with van der Waals surface area (Å²) >= 11 is 0. The fraction of sp³-hybridized carbons (Fsp3) is 0.645. The van der Waals surface area contributed by atoms with E-state index in [2.05, 4.69) is 20.9 Å². The molecule has 3 aliphatic heterocycles. The van der Waals surface area contributed by atoms with Crippen molar-refractivity contribution in [1.82, 2.24) is 25.8 Å². The molecule has 2 fully saturated rings. The standard InChI is InChI=1S/C31H45N5O11.2ClH/c37-26-5-4-24(29(39)34-26)36-30(40)23-2-1-3-25(28(23)31(36)41)47-22-27(38)33-8-12-42-14-16-44-18-20-46-21-19-45-17-15-43-13-11-35-9-6-32-7-10-35;;/h1-3,24,32H,4-22H2,(H,33,38)(H,34,37,39);2*1H. The molecule has 1 aromatic rings. The largest absolute Gasteiger partial charge is 0.483 e. The lowest BCUT2D eigenvalue weighted by Crippen LogP contribution is -2.54. The molecule has 3 aliphatic rings. The highest BCUT2D eigenvalue weighted by molar-refractivity contribution is 6.24. The first-order valence-corrected chi connectivity index (χ1v) is 16.0. The highest BCUT2D eigenvalue weighted by Crippen LogP contribution is 2.33. The van der Waals surface area contributed by atoms with Crippen molar-refractivity contribution in [3.05, 3.63) is 29.3 Å². The fourth-order valence-corrected chi connectivity index (χ4v) is 5.17. The fourth-order valence-electron chi connectivity index (χ4n) is 5.17. The van der Waals surface area contributed by atoms with E-state index in [4.69, 9.17) is 28.4 Å². The number of carbonyl (C=O) groups excluding carboxylic acids is 5. The molecule has 0 saturated carbocycles. The Morgan fingerprint density at radius 1 is 0.796 bits per heavy atom. The summed E-state index contributed by atoms with van der Waals surface area (Å²) in [5.41, 5.74) is 0.0530. The summed E-state index contributed by atoms with van der Waals surface area (Å²) in [6.45, 7) is 9.67. The number of imide groups is 2. The number of fused-ring (bicyclic) bond motifs is 1. The Balaban J connectivity index is 0.00000417. The molecule has 1 unspecified atom stereocenters. The molecule has 5 amide bonds. The van der Waals surface area contributed by atoms with Gasteiger partial charge in [-0.05, 0) is 18.6 Å². The average Bonchev–Trinajstić information content (AvgIpc) is 3.33. The van der Waals surface area contributed by atoms with E-state index >= 15 is 0 Å². The molecular formula is C31H47Cl2N5O11. The van der Waals surface area contributed by atoms with E-state index in [-0.39, 0.29) is 67.7 Å². The Bertz CT molecular complexity index is 1220. The van der Waals surface area contributed by atoms with Crippen LogP contribution in [0.4, 0.5) is 0 Å². The Morgan fingerprint density at radius 3 is 2.00 bits per heavy atom. The van der Waals surface area contributed by atoms with E-state index in [1.54, 1.807) is 0 Å². The second-order valence-corrected chi connectivity index (χ2v) is 10.9. The molecule has 49 heavy (non-hydrogen) atoms. The van der Waals surface area contributed by atoms with Crippen LogP contribution >= 0.6 is 24.8 Å². The normalized spacial score (nSPS) is 17.6. The zero-order valence-corrected chi connectivity index (χ0v) is 29.1. The molecule has 0 radical (unpaired) electrons. The van der Waals surface area contributed by atoms with Gasteiger partial charge in [-0.2, -0.15) is 0 Å². The molecule has 16 nitrogen and oxygen atoms in total. The van der Waals surface area contributed by atoms with Gasteiger partial charge in [-0.3, -0.25) is 39.1 Å². The Morgan fingerprint density at radius 2 is 1.39 bits per heavy atom. The third-order valence-corrected chi connectivity index (χ3v) is 7.61. The van der Waals surface area contributed by atoms with Gasteiger partial charge in [-0.1, -0.05) is 6.07 Å². The summed E-state index contributed by atoms with van der Waals surface area (Å²) in [7, 11) is 0. The van der Waals surface area contributed by atoms with Gasteiger partial charge < -0.3 is 39.1 Å². The lowest BCUT2D eigenvalue weighted by molar-refractivity contribution is -0.136. The van der Waals surface area contributed by atoms with Crippen LogP contribution < -0.4 is 20.7 Å². The summed E-state index contributed by atoms with van der Waals surface area (Å²) in [6, 6.07) is 3.36. The number of piperidine rings is 1. The number of carbonyl (C=O) groups is 5. The summed E-state index contributed by atoms with van der Waals surface area (Å²) < 4.78 is 33.0. The quantitative estimate of drug-likeness (QED) is 0.102. The van der Waals surface area contributed by atoms with Crippen molar-refractivity contribution in [1.29, 1.82) is 0 Å². The van der Waals surface area contributed by atoms with Gasteiger partial charge in [0.1, 0.15) is 11.8 Å². The molecule has 1 atom stereocenters. The smallest absolute Gasteiger partial charge is 0.266 e. The molecule has 0 spiro atoms. The van der Waals surface area contributed by atoms with E-state index in [0.29, 0.717) is 59.5 Å². The number of halogens is 2. The van der Waals surface area contributed by atoms with Crippen LogP contribution in [0.25, 0.3) is 0 Å². The van der Waals surface area contributed by atoms with Crippen LogP contribution in [0.1, 0.15) is 33.6 Å². The zero-order chi connectivity index (χ0) is 33.3. The van der Waals surface area contributed by atoms with Crippen molar-refractivity contribution >= 4 is 54.3 Å². The van der Waals surface area contributed by atoms with Gasteiger partial charge in [0.25, 0.3) is 17.7 Å². The molecule has 0 bridgehead atoms. The van der Waals surface area contributed by atoms with Crippen molar-refractivity contribution < 1.29 is 52.4 Å². The predicted molar refractivity (Wildman–Crippen MR) is 180 cm³/mol. The maximum atomic E-state index is 13.1. The number of nitrogens with zero attached hydrogens (tertiary/aromatic N) is 2. The van der Waals surface area contributed by atoms with Crippen LogP contribution in [-0.4, -0.2) is 157 Å². The topological polar surface area (TPSA) is 183 Å². The van der Waals surface area contributed by atoms with Crippen LogP contribution in [0.15, 0.2) is 18.2 Å². The first-order chi connectivity index (χ1) is 23.0. The van der Waals surface area contributed by atoms with Gasteiger partial charge in [-0.25, -0.2) is 0 Å². The Kier molecular flexibility index (Phi) is 20.2. The van der Waals surface area contributed by atoms with Crippen molar-refractivity contribution in [3.63, 3.8) is 0 Å². The zero-order valence-electron chi connectivity index (χ0n) is 27.4. The summed E-state index contributed by atoms with van der Waals surface area (Å²) in [6.07, 6.45) is 0.0624. The number of hydrogen-bond acceptors (Lipinski definition) is 13. The van der Waals surface area contributed by atoms with Gasteiger partial charge in [0.05, 0.1) is 77.2 Å². The highest BCUT2D eigenvalue weighted by atomic mass is 35.5. The molecule has 3 heterocycles. The van der Waals surface area contributed by atoms with Gasteiger partial charge in [-0.15, -0.1) is 24.8 Å². The number of nitrogens with one attached hydrogen (secondary N) is 3. The van der Waals surface area contributed by atoms with Crippen LogP contribution in [-0.2, 0) is 38.1 Å². The second-order valence-electron chi connectivity index (χ2n) is 10.9. The number of rotatable bonds is 22. The Labute approximate surface area is 298 Å². The highest BCUT2D eigenvalue weighted by Gasteiger charge is 2.46. The molecule has 0 aliphatic carbocycles. The monoisotopic (exact) mass is 735 g/mol. The maximum absolute atomic E-state index is 13.1. The summed E-state index contributed by atoms with van der Waals surface area (Å²) in [5.74, 6) is -2.91. The minimum absolute atomic E-state index is 0. The second kappa shape index (κ2) is 23.5. The molecule has 276 valence electrons. The van der Waals surface area contributed by atoms with E-state index in [1.807, 2.05) is 0 Å². The number of ether oxygens (including phenoxy) is 6. The minimum Gasteiger partial charge on any atom is -0.483 e. The minimum atomic E-state index is -1.09. The molecule has 1 aromatic carbocycles. The van der Waals surface area contributed by atoms with Crippen LogP contribution in [0.2, 0.25) is 0 Å².